The summed E-state index contributed by atoms with van der Waals surface area (Å²) in [4.78, 5) is 6.78. The van der Waals surface area contributed by atoms with Crippen LogP contribution >= 0.6 is 23.2 Å². The Morgan fingerprint density at radius 1 is 1.26 bits per heavy atom. The van der Waals surface area contributed by atoms with Gasteiger partial charge in [-0.2, -0.15) is 0 Å². The average Bonchev–Trinajstić information content (AvgIpc) is 2.54. The zero-order valence-corrected chi connectivity index (χ0v) is 15.4. The van der Waals surface area contributed by atoms with Crippen molar-refractivity contribution in [2.75, 3.05) is 30.8 Å². The minimum Gasteiger partial charge on any atom is -0.382 e. The second kappa shape index (κ2) is 9.31. The molecule has 0 saturated heterocycles. The summed E-state index contributed by atoms with van der Waals surface area (Å²) in [7, 11) is 0. The van der Waals surface area contributed by atoms with Gasteiger partial charge in [-0.3, -0.25) is 4.98 Å². The van der Waals surface area contributed by atoms with Gasteiger partial charge in [-0.15, -0.1) is 11.6 Å². The quantitative estimate of drug-likeness (QED) is 0.640. The van der Waals surface area contributed by atoms with E-state index in [0.29, 0.717) is 16.9 Å². The number of aromatic nitrogens is 1. The molecule has 0 amide bonds. The van der Waals surface area contributed by atoms with Crippen LogP contribution in [-0.2, 0) is 0 Å². The fourth-order valence-electron chi connectivity index (χ4n) is 2.75. The van der Waals surface area contributed by atoms with E-state index in [1.807, 2.05) is 30.5 Å². The maximum atomic E-state index is 6.04. The molecular weight excluding hydrogens is 329 g/mol. The van der Waals surface area contributed by atoms with Crippen molar-refractivity contribution in [3.63, 3.8) is 0 Å². The maximum Gasteiger partial charge on any atom is 0.0737 e. The number of hydrogen-bond acceptors (Lipinski definition) is 3. The van der Waals surface area contributed by atoms with E-state index >= 15 is 0 Å². The van der Waals surface area contributed by atoms with Gasteiger partial charge in [-0.25, -0.2) is 0 Å². The van der Waals surface area contributed by atoms with Gasteiger partial charge in [0.15, 0.2) is 0 Å². The predicted octanol–water partition coefficient (Wildman–Crippen LogP) is 5.03. The number of pyridine rings is 1. The van der Waals surface area contributed by atoms with Crippen LogP contribution in [0.5, 0.6) is 0 Å². The lowest BCUT2D eigenvalue weighted by molar-refractivity contribution is 0.296. The first-order valence-electron chi connectivity index (χ1n) is 8.23. The number of hydrogen-bond donors (Lipinski definition) is 1. The zero-order valence-electron chi connectivity index (χ0n) is 13.9. The Balaban J connectivity index is 1.91. The molecule has 0 aliphatic carbocycles. The maximum absolute atomic E-state index is 6.04. The largest absolute Gasteiger partial charge is 0.382 e. The third kappa shape index (κ3) is 5.52. The van der Waals surface area contributed by atoms with Crippen LogP contribution in [0.25, 0.3) is 10.9 Å². The Bertz CT molecular complexity index is 618. The molecule has 1 heterocycles. The minimum absolute atomic E-state index is 0.408. The van der Waals surface area contributed by atoms with Gasteiger partial charge in [-0.05, 0) is 57.1 Å². The molecule has 23 heavy (non-hydrogen) atoms. The van der Waals surface area contributed by atoms with E-state index in [1.165, 1.54) is 0 Å². The molecule has 1 N–H and O–H groups in total. The first kappa shape index (κ1) is 18.3. The molecule has 3 nitrogen and oxygen atoms in total. The van der Waals surface area contributed by atoms with Crippen molar-refractivity contribution in [2.45, 2.75) is 32.7 Å². The molecule has 0 bridgehead atoms. The molecule has 2 rings (SSSR count). The van der Waals surface area contributed by atoms with Crippen molar-refractivity contribution < 1.29 is 0 Å². The smallest absolute Gasteiger partial charge is 0.0737 e. The van der Waals surface area contributed by atoms with Crippen LogP contribution in [-0.4, -0.2) is 41.4 Å². The van der Waals surface area contributed by atoms with Gasteiger partial charge < -0.3 is 10.2 Å². The van der Waals surface area contributed by atoms with Crippen LogP contribution in [0.15, 0.2) is 30.5 Å². The lowest BCUT2D eigenvalue weighted by atomic mass is 10.1. The van der Waals surface area contributed by atoms with Crippen LogP contribution in [0.4, 0.5) is 5.69 Å². The molecule has 1 aromatic heterocycles. The summed E-state index contributed by atoms with van der Waals surface area (Å²) in [5.74, 6) is 0.702. The van der Waals surface area contributed by atoms with E-state index in [1.54, 1.807) is 0 Å². The van der Waals surface area contributed by atoms with Crippen molar-refractivity contribution in [3.8, 4) is 0 Å². The first-order valence-corrected chi connectivity index (χ1v) is 9.14. The van der Waals surface area contributed by atoms with Crippen LogP contribution in [0.3, 0.4) is 0 Å². The third-order valence-corrected chi connectivity index (χ3v) is 4.47. The fraction of sp³-hybridized carbons (Fsp3) is 0.500. The van der Waals surface area contributed by atoms with Gasteiger partial charge in [0.2, 0.25) is 0 Å². The van der Waals surface area contributed by atoms with Crippen LogP contribution in [0, 0.1) is 0 Å². The van der Waals surface area contributed by atoms with E-state index in [9.17, 15) is 0 Å². The average molecular weight is 354 g/mol. The van der Waals surface area contributed by atoms with Crippen LogP contribution in [0.1, 0.15) is 26.7 Å². The molecule has 0 spiro atoms. The highest BCUT2D eigenvalue weighted by Gasteiger charge is 2.08. The Labute approximate surface area is 149 Å². The van der Waals surface area contributed by atoms with Crippen molar-refractivity contribution in [1.29, 1.82) is 0 Å². The second-order valence-electron chi connectivity index (χ2n) is 5.83. The molecule has 0 radical (unpaired) electrons. The number of alkyl halides is 1. The van der Waals surface area contributed by atoms with E-state index in [-0.39, 0.29) is 0 Å². The summed E-state index contributed by atoms with van der Waals surface area (Å²) >= 11 is 11.9. The number of halogens is 2. The standard InChI is InChI=1S/C18H25Cl2N3/c1-3-23(12-9-19)11-4-5-14(2)22-17-8-10-21-18-13-15(20)6-7-16(17)18/h6-8,10,13-14H,3-5,9,11-12H2,1-2H3,(H,21,22). The van der Waals surface area contributed by atoms with Gasteiger partial charge in [-0.1, -0.05) is 18.5 Å². The van der Waals surface area contributed by atoms with Crippen molar-refractivity contribution in [3.05, 3.63) is 35.5 Å². The Kier molecular flexibility index (Phi) is 7.41. The van der Waals surface area contributed by atoms with E-state index < -0.39 is 0 Å². The number of benzene rings is 1. The molecule has 5 heteroatoms. The SMILES string of the molecule is CCN(CCCl)CCCC(C)Nc1ccnc2cc(Cl)ccc12. The summed E-state index contributed by atoms with van der Waals surface area (Å²) < 4.78 is 0. The van der Waals surface area contributed by atoms with Crippen molar-refractivity contribution >= 4 is 39.8 Å². The zero-order chi connectivity index (χ0) is 16.7. The molecule has 1 atom stereocenters. The molecule has 0 fully saturated rings. The summed E-state index contributed by atoms with van der Waals surface area (Å²) in [5.41, 5.74) is 2.04. The normalized spacial score (nSPS) is 12.7. The Morgan fingerprint density at radius 3 is 2.83 bits per heavy atom. The molecule has 0 aliphatic rings. The van der Waals surface area contributed by atoms with Gasteiger partial charge in [0, 0.05) is 40.8 Å². The van der Waals surface area contributed by atoms with Gasteiger partial charge in [0.1, 0.15) is 0 Å². The molecule has 126 valence electrons. The highest BCUT2D eigenvalue weighted by atomic mass is 35.5. The van der Waals surface area contributed by atoms with E-state index in [0.717, 1.165) is 49.1 Å². The van der Waals surface area contributed by atoms with E-state index in [2.05, 4.69) is 29.0 Å². The lowest BCUT2D eigenvalue weighted by Gasteiger charge is -2.21. The molecule has 0 aliphatic heterocycles. The van der Waals surface area contributed by atoms with Crippen LogP contribution < -0.4 is 5.32 Å². The summed E-state index contributed by atoms with van der Waals surface area (Å²) in [6.45, 7) is 7.53. The highest BCUT2D eigenvalue weighted by molar-refractivity contribution is 6.31. The van der Waals surface area contributed by atoms with Gasteiger partial charge >= 0.3 is 0 Å². The molecule has 1 aromatic carbocycles. The molecular formula is C18H25Cl2N3. The fourth-order valence-corrected chi connectivity index (χ4v) is 3.16. The summed E-state index contributed by atoms with van der Waals surface area (Å²) in [6, 6.07) is 8.27. The van der Waals surface area contributed by atoms with Crippen molar-refractivity contribution in [2.24, 2.45) is 0 Å². The summed E-state index contributed by atoms with van der Waals surface area (Å²) in [5, 5.41) is 5.43. The third-order valence-electron chi connectivity index (χ3n) is 4.07. The van der Waals surface area contributed by atoms with Crippen LogP contribution in [0.2, 0.25) is 5.02 Å². The number of nitrogens with one attached hydrogen (secondary N) is 1. The van der Waals surface area contributed by atoms with Gasteiger partial charge in [0.25, 0.3) is 0 Å². The second-order valence-corrected chi connectivity index (χ2v) is 6.65. The monoisotopic (exact) mass is 353 g/mol. The highest BCUT2D eigenvalue weighted by Crippen LogP contribution is 2.25. The number of rotatable bonds is 9. The molecule has 0 saturated carbocycles. The lowest BCUT2D eigenvalue weighted by Crippen LogP contribution is -2.27. The van der Waals surface area contributed by atoms with Gasteiger partial charge in [0.05, 0.1) is 5.52 Å². The Hall–Kier alpha value is -1.03. The topological polar surface area (TPSA) is 28.2 Å². The molecule has 2 aromatic rings. The van der Waals surface area contributed by atoms with E-state index in [4.69, 9.17) is 23.2 Å². The number of fused-ring (bicyclic) bond motifs is 1. The minimum atomic E-state index is 0.408. The van der Waals surface area contributed by atoms with Crippen molar-refractivity contribution in [1.82, 2.24) is 9.88 Å². The first-order chi connectivity index (χ1) is 11.1. The molecule has 1 unspecified atom stereocenters. The predicted molar refractivity (Wildman–Crippen MR) is 102 cm³/mol. The Morgan fingerprint density at radius 2 is 2.09 bits per heavy atom. The number of nitrogens with zero attached hydrogens (tertiary/aromatic N) is 2. The summed E-state index contributed by atoms with van der Waals surface area (Å²) in [6.07, 6.45) is 4.11. The number of anilines is 1.